The van der Waals surface area contributed by atoms with Crippen molar-refractivity contribution in [2.75, 3.05) is 44.2 Å². The summed E-state index contributed by atoms with van der Waals surface area (Å²) in [6.07, 6.45) is 2.64. The summed E-state index contributed by atoms with van der Waals surface area (Å²) >= 11 is 3.49. The van der Waals surface area contributed by atoms with Crippen molar-refractivity contribution >= 4 is 47.9 Å². The second kappa shape index (κ2) is 12.8. The van der Waals surface area contributed by atoms with E-state index in [0.29, 0.717) is 50.8 Å². The van der Waals surface area contributed by atoms with Crippen molar-refractivity contribution in [2.24, 2.45) is 0 Å². The van der Waals surface area contributed by atoms with Crippen molar-refractivity contribution in [1.29, 1.82) is 0 Å². The third-order valence-electron chi connectivity index (χ3n) is 7.51. The van der Waals surface area contributed by atoms with Crippen LogP contribution in [0.5, 0.6) is 0 Å². The van der Waals surface area contributed by atoms with Crippen molar-refractivity contribution in [3.8, 4) is 0 Å². The first-order valence-electron chi connectivity index (χ1n) is 14.5. The average molecular weight is 670 g/mol. The van der Waals surface area contributed by atoms with Gasteiger partial charge in [0.2, 0.25) is 0 Å². The van der Waals surface area contributed by atoms with Crippen LogP contribution in [0.3, 0.4) is 0 Å². The molecule has 1 aliphatic rings. The summed E-state index contributed by atoms with van der Waals surface area (Å²) in [4.78, 5) is 36.7. The van der Waals surface area contributed by atoms with Crippen LogP contribution in [-0.2, 0) is 13.9 Å². The largest absolute Gasteiger partial charge is 0.444 e. The number of nitrogens with zero attached hydrogens (tertiary/aromatic N) is 6. The van der Waals surface area contributed by atoms with Gasteiger partial charge in [-0.3, -0.25) is 9.80 Å². The van der Waals surface area contributed by atoms with Crippen LogP contribution in [0, 0.1) is 0 Å². The number of carbonyl (C=O) groups is 2. The Labute approximate surface area is 260 Å². The molecule has 0 bridgehead atoms. The van der Waals surface area contributed by atoms with Gasteiger partial charge in [-0.15, -0.1) is 0 Å². The van der Waals surface area contributed by atoms with Crippen molar-refractivity contribution in [3.63, 3.8) is 0 Å². The Morgan fingerprint density at radius 1 is 1.05 bits per heavy atom. The molecule has 0 spiro atoms. The van der Waals surface area contributed by atoms with E-state index < -0.39 is 25.6 Å². The number of ether oxygens (including phenoxy) is 2. The number of rotatable bonds is 7. The molecule has 0 saturated carbocycles. The molecule has 42 heavy (non-hydrogen) atoms. The Balaban J connectivity index is 1.84. The molecule has 2 aromatic heterocycles. The molecule has 0 aliphatic carbocycles. The molecule has 0 unspecified atom stereocenters. The van der Waals surface area contributed by atoms with E-state index in [1.165, 1.54) is 0 Å². The van der Waals surface area contributed by atoms with Crippen molar-refractivity contribution < 1.29 is 23.5 Å². The number of amides is 2. The smallest absolute Gasteiger partial charge is 0.416 e. The van der Waals surface area contributed by atoms with Crippen molar-refractivity contribution in [2.45, 2.75) is 97.7 Å². The first-order chi connectivity index (χ1) is 19.2. The molecule has 13 heteroatoms. The minimum atomic E-state index is -2.04. The highest BCUT2D eigenvalue weighted by atomic mass is 79.9. The number of anilines is 1. The number of carbonyl (C=O) groups excluding carboxylic acids is 2. The van der Waals surface area contributed by atoms with Gasteiger partial charge in [-0.05, 0) is 81.7 Å². The van der Waals surface area contributed by atoms with Crippen LogP contribution >= 0.6 is 15.9 Å². The van der Waals surface area contributed by atoms with Gasteiger partial charge in [0.1, 0.15) is 17.0 Å². The van der Waals surface area contributed by atoms with Gasteiger partial charge in [0.25, 0.3) is 0 Å². The topological polar surface area (TPSA) is 102 Å². The Hall–Kier alpha value is -2.22. The number of hydrogen-bond acceptors (Lipinski definition) is 8. The molecule has 1 atom stereocenters. The van der Waals surface area contributed by atoms with Crippen LogP contribution in [0.4, 0.5) is 15.4 Å². The fourth-order valence-electron chi connectivity index (χ4n) is 4.19. The van der Waals surface area contributed by atoms with E-state index in [1.54, 1.807) is 32.8 Å². The maximum atomic E-state index is 13.4. The summed E-state index contributed by atoms with van der Waals surface area (Å²) in [5.74, 6) is 0.472. The maximum absolute atomic E-state index is 13.4. The van der Waals surface area contributed by atoms with Crippen LogP contribution < -0.4 is 4.90 Å². The summed E-state index contributed by atoms with van der Waals surface area (Å²) in [5, 5.41) is 4.32. The van der Waals surface area contributed by atoms with Crippen LogP contribution in [0.15, 0.2) is 22.9 Å². The highest BCUT2D eigenvalue weighted by molar-refractivity contribution is 9.10. The zero-order valence-electron chi connectivity index (χ0n) is 27.2. The number of aromatic nitrogens is 3. The zero-order chi connectivity index (χ0) is 31.7. The maximum Gasteiger partial charge on any atom is 0.416 e. The predicted octanol–water partition coefficient (Wildman–Crippen LogP) is 6.18. The SMILES string of the molecule is CC(C)(C)OC(=O)N1CCN(CCN(C(=O)OC(C)(C)C)c2ccn3ncc(Br)c3n2)[C@H](CO[Si](C)(C)C(C)(C)C)C1. The Morgan fingerprint density at radius 2 is 1.69 bits per heavy atom. The molecular weight excluding hydrogens is 620 g/mol. The summed E-state index contributed by atoms with van der Waals surface area (Å²) in [5.41, 5.74) is -0.643. The number of fused-ring (bicyclic) bond motifs is 1. The lowest BCUT2D eigenvalue weighted by Crippen LogP contribution is -2.59. The van der Waals surface area contributed by atoms with E-state index in [-0.39, 0.29) is 17.2 Å². The monoisotopic (exact) mass is 668 g/mol. The second-order valence-corrected chi connectivity index (χ2v) is 20.0. The van der Waals surface area contributed by atoms with Gasteiger partial charge in [-0.25, -0.2) is 19.1 Å². The predicted molar refractivity (Wildman–Crippen MR) is 171 cm³/mol. The molecule has 1 saturated heterocycles. The number of halogens is 1. The van der Waals surface area contributed by atoms with E-state index in [4.69, 9.17) is 18.9 Å². The van der Waals surface area contributed by atoms with Gasteiger partial charge in [-0.1, -0.05) is 20.8 Å². The van der Waals surface area contributed by atoms with Crippen LogP contribution in [0.2, 0.25) is 18.1 Å². The first-order valence-corrected chi connectivity index (χ1v) is 18.2. The van der Waals surface area contributed by atoms with Gasteiger partial charge < -0.3 is 18.8 Å². The highest BCUT2D eigenvalue weighted by Gasteiger charge is 2.40. The number of piperazine rings is 1. The minimum absolute atomic E-state index is 0.0527. The summed E-state index contributed by atoms with van der Waals surface area (Å²) in [6.45, 7) is 25.2. The van der Waals surface area contributed by atoms with Gasteiger partial charge >= 0.3 is 12.2 Å². The summed E-state index contributed by atoms with van der Waals surface area (Å²) in [6, 6.07) is 1.69. The summed E-state index contributed by atoms with van der Waals surface area (Å²) in [7, 11) is -2.04. The van der Waals surface area contributed by atoms with E-state index in [0.717, 1.165) is 4.47 Å². The van der Waals surface area contributed by atoms with E-state index in [1.807, 2.05) is 41.5 Å². The second-order valence-electron chi connectivity index (χ2n) is 14.4. The minimum Gasteiger partial charge on any atom is -0.444 e. The molecule has 3 heterocycles. The lowest BCUT2D eigenvalue weighted by molar-refractivity contribution is -0.00281. The van der Waals surface area contributed by atoms with Crippen LogP contribution in [-0.4, -0.2) is 101 Å². The fourth-order valence-corrected chi connectivity index (χ4v) is 5.59. The molecule has 2 amide bonds. The van der Waals surface area contributed by atoms with Crippen molar-refractivity contribution in [1.82, 2.24) is 24.4 Å². The fraction of sp³-hybridized carbons (Fsp3) is 0.724. The van der Waals surface area contributed by atoms with Crippen LogP contribution in [0.25, 0.3) is 5.65 Å². The molecule has 1 aliphatic heterocycles. The standard InChI is InChI=1S/C29H49BrN6O5Si/c1-27(2,3)40-25(37)34-15-14-33(21(19-34)20-39-42(10,11)29(7,8)9)16-17-35(26(38)41-28(4,5)6)23-12-13-36-24(32-23)22(30)18-31-36/h12-13,18,21H,14-17,19-20H2,1-11H3/t21-/m0/s1. The van der Waals surface area contributed by atoms with E-state index in [9.17, 15) is 9.59 Å². The highest BCUT2D eigenvalue weighted by Crippen LogP contribution is 2.37. The third-order valence-corrected chi connectivity index (χ3v) is 12.6. The normalized spacial score (nSPS) is 17.4. The first kappa shape index (κ1) is 34.3. The Morgan fingerprint density at radius 3 is 2.29 bits per heavy atom. The average Bonchev–Trinajstić information content (AvgIpc) is 3.20. The molecule has 2 aromatic rings. The van der Waals surface area contributed by atoms with Crippen LogP contribution in [0.1, 0.15) is 62.3 Å². The van der Waals surface area contributed by atoms with E-state index in [2.05, 4.69) is 59.8 Å². The molecule has 3 rings (SSSR count). The quantitative estimate of drug-likeness (QED) is 0.323. The summed E-state index contributed by atoms with van der Waals surface area (Å²) < 4.78 is 20.5. The Kier molecular flexibility index (Phi) is 10.4. The molecular formula is C29H49BrN6O5Si. The van der Waals surface area contributed by atoms with E-state index >= 15 is 0 Å². The molecule has 0 radical (unpaired) electrons. The van der Waals surface area contributed by atoms with Gasteiger partial charge in [-0.2, -0.15) is 5.10 Å². The van der Waals surface area contributed by atoms with Gasteiger partial charge in [0, 0.05) is 45.0 Å². The number of hydrogen-bond donors (Lipinski definition) is 0. The van der Waals surface area contributed by atoms with Gasteiger partial charge in [0.15, 0.2) is 14.0 Å². The Bertz CT molecular complexity index is 1250. The lowest BCUT2D eigenvalue weighted by atomic mass is 10.1. The lowest BCUT2D eigenvalue weighted by Gasteiger charge is -2.44. The molecule has 1 fully saturated rings. The third kappa shape index (κ3) is 9.14. The zero-order valence-corrected chi connectivity index (χ0v) is 29.7. The molecule has 0 aromatic carbocycles. The molecule has 11 nitrogen and oxygen atoms in total. The van der Waals surface area contributed by atoms with Crippen molar-refractivity contribution in [3.05, 3.63) is 22.9 Å². The molecule has 236 valence electrons. The molecule has 0 N–H and O–H groups in total. The van der Waals surface area contributed by atoms with Gasteiger partial charge in [0.05, 0.1) is 17.3 Å².